The van der Waals surface area contributed by atoms with Gasteiger partial charge >= 0.3 is 6.01 Å². The summed E-state index contributed by atoms with van der Waals surface area (Å²) >= 11 is 7.19. The molecule has 12 heteroatoms. The summed E-state index contributed by atoms with van der Waals surface area (Å²) in [5, 5.41) is 0.719. The molecular weight excluding hydrogens is 620 g/mol. The van der Waals surface area contributed by atoms with Crippen LogP contribution in [0.5, 0.6) is 6.01 Å². The van der Waals surface area contributed by atoms with Crippen molar-refractivity contribution in [3.05, 3.63) is 135 Å². The van der Waals surface area contributed by atoms with Gasteiger partial charge in [0.1, 0.15) is 11.6 Å². The Labute approximate surface area is 268 Å². The number of aryl methyl sites for hydroxylation is 1. The number of carbonyl (C=O) groups excluding carboxylic acids is 1. The van der Waals surface area contributed by atoms with Crippen molar-refractivity contribution in [2.24, 2.45) is 7.05 Å². The van der Waals surface area contributed by atoms with Crippen molar-refractivity contribution in [3.63, 3.8) is 0 Å². The SMILES string of the molecule is CN(C=O)Cc1ccc(-c2ccc(F)c(Cl)c2)cc1.COc1ncc(Cc2cn(C)c(SCc3ccc(F)cc3)nc2=O)cn1. The maximum atomic E-state index is 13.1. The molecule has 0 fully saturated rings. The summed E-state index contributed by atoms with van der Waals surface area (Å²) in [4.78, 5) is 36.7. The summed E-state index contributed by atoms with van der Waals surface area (Å²) in [6, 6.07) is 18.9. The number of thioether (sulfide) groups is 1. The van der Waals surface area contributed by atoms with Crippen LogP contribution in [0.4, 0.5) is 8.78 Å². The minimum absolute atomic E-state index is 0.113. The van der Waals surface area contributed by atoms with E-state index in [0.29, 0.717) is 29.4 Å². The standard InChI is InChI=1S/C18H17FN4O2S.C15H13ClFNO/c1-23-10-14(7-13-8-20-17(25-2)21-9-13)16(24)22-18(23)26-11-12-3-5-15(19)6-4-12;1-18(10-19)9-11-2-4-12(5-3-11)13-6-7-15(17)14(16)8-13/h3-6,8-10H,7,11H2,1-2H3;2-8,10H,9H2,1H3. The number of rotatable bonds is 10. The lowest BCUT2D eigenvalue weighted by Gasteiger charge is -2.11. The predicted octanol–water partition coefficient (Wildman–Crippen LogP) is 6.34. The summed E-state index contributed by atoms with van der Waals surface area (Å²) in [5.74, 6) is -0.0857. The van der Waals surface area contributed by atoms with Crippen LogP contribution < -0.4 is 10.3 Å². The number of ether oxygens (including phenoxy) is 1. The van der Waals surface area contributed by atoms with Crippen molar-refractivity contribution in [1.82, 2.24) is 24.4 Å². The van der Waals surface area contributed by atoms with Gasteiger partial charge in [0.15, 0.2) is 5.16 Å². The van der Waals surface area contributed by atoms with Gasteiger partial charge in [0.2, 0.25) is 6.41 Å². The van der Waals surface area contributed by atoms with Crippen LogP contribution in [0, 0.1) is 11.6 Å². The normalized spacial score (nSPS) is 10.5. The van der Waals surface area contributed by atoms with Crippen LogP contribution in [0.15, 0.2) is 95.3 Å². The van der Waals surface area contributed by atoms with E-state index >= 15 is 0 Å². The molecule has 0 saturated heterocycles. The smallest absolute Gasteiger partial charge is 0.316 e. The minimum atomic E-state index is -0.422. The zero-order chi connectivity index (χ0) is 32.3. The molecule has 0 radical (unpaired) electrons. The number of halogens is 3. The molecule has 0 unspecified atom stereocenters. The Bertz CT molecular complexity index is 1790. The van der Waals surface area contributed by atoms with Crippen molar-refractivity contribution in [2.45, 2.75) is 23.9 Å². The fourth-order valence-corrected chi connectivity index (χ4v) is 5.20. The van der Waals surface area contributed by atoms with Crippen LogP contribution in [0.3, 0.4) is 0 Å². The van der Waals surface area contributed by atoms with Crippen molar-refractivity contribution >= 4 is 29.8 Å². The van der Waals surface area contributed by atoms with E-state index in [1.807, 2.05) is 35.9 Å². The highest BCUT2D eigenvalue weighted by Gasteiger charge is 2.10. The molecule has 3 aromatic carbocycles. The Hall–Kier alpha value is -4.61. The van der Waals surface area contributed by atoms with Gasteiger partial charge < -0.3 is 14.2 Å². The van der Waals surface area contributed by atoms with Gasteiger partial charge in [0.05, 0.1) is 12.1 Å². The van der Waals surface area contributed by atoms with E-state index in [9.17, 15) is 18.4 Å². The summed E-state index contributed by atoms with van der Waals surface area (Å²) < 4.78 is 32.8. The first-order chi connectivity index (χ1) is 21.6. The number of aromatic nitrogens is 4. The van der Waals surface area contributed by atoms with E-state index in [4.69, 9.17) is 16.3 Å². The second-order valence-electron chi connectivity index (χ2n) is 9.98. The lowest BCUT2D eigenvalue weighted by molar-refractivity contribution is -0.117. The van der Waals surface area contributed by atoms with Crippen molar-refractivity contribution in [3.8, 4) is 17.1 Å². The molecule has 5 rings (SSSR count). The lowest BCUT2D eigenvalue weighted by Crippen LogP contribution is -2.18. The molecule has 0 saturated carbocycles. The first-order valence-corrected chi connectivity index (χ1v) is 15.0. The number of nitrogens with zero attached hydrogens (tertiary/aromatic N) is 5. The first kappa shape index (κ1) is 33.3. The summed E-state index contributed by atoms with van der Waals surface area (Å²) in [6.45, 7) is 0.563. The zero-order valence-electron chi connectivity index (χ0n) is 24.8. The summed E-state index contributed by atoms with van der Waals surface area (Å²) in [5.41, 5.74) is 4.90. The molecule has 8 nitrogen and oxygen atoms in total. The number of hydrogen-bond acceptors (Lipinski definition) is 7. The maximum Gasteiger partial charge on any atom is 0.316 e. The van der Waals surface area contributed by atoms with Gasteiger partial charge in [-0.15, -0.1) is 0 Å². The Morgan fingerprint density at radius 2 is 1.60 bits per heavy atom. The van der Waals surface area contributed by atoms with Gasteiger partial charge in [-0.05, 0) is 52.1 Å². The van der Waals surface area contributed by atoms with Gasteiger partial charge in [-0.3, -0.25) is 9.59 Å². The molecule has 0 N–H and O–H groups in total. The van der Waals surface area contributed by atoms with Crippen LogP contribution in [0.25, 0.3) is 11.1 Å². The van der Waals surface area contributed by atoms with Crippen LogP contribution in [-0.2, 0) is 30.6 Å². The third-order valence-corrected chi connectivity index (χ3v) is 7.89. The Balaban J connectivity index is 0.000000215. The van der Waals surface area contributed by atoms with Gasteiger partial charge in [-0.2, -0.15) is 4.98 Å². The molecule has 2 heterocycles. The molecule has 0 aliphatic rings. The van der Waals surface area contributed by atoms with Crippen LogP contribution in [0.1, 0.15) is 22.3 Å². The molecule has 0 aliphatic carbocycles. The number of benzene rings is 3. The number of methoxy groups -OCH3 is 1. The Morgan fingerprint density at radius 1 is 0.956 bits per heavy atom. The second kappa shape index (κ2) is 15.9. The van der Waals surface area contributed by atoms with Gasteiger partial charge in [-0.1, -0.05) is 65.8 Å². The van der Waals surface area contributed by atoms with Crippen molar-refractivity contribution in [2.75, 3.05) is 14.2 Å². The molecule has 5 aromatic rings. The van der Waals surface area contributed by atoms with Gasteiger partial charge in [0, 0.05) is 57.0 Å². The molecule has 0 bridgehead atoms. The summed E-state index contributed by atoms with van der Waals surface area (Å²) in [7, 11) is 5.06. The molecule has 1 amide bonds. The molecule has 45 heavy (non-hydrogen) atoms. The van der Waals surface area contributed by atoms with Crippen molar-refractivity contribution < 1.29 is 18.3 Å². The van der Waals surface area contributed by atoms with Gasteiger partial charge in [0.25, 0.3) is 5.56 Å². The van der Waals surface area contributed by atoms with E-state index < -0.39 is 5.82 Å². The van der Waals surface area contributed by atoms with Crippen LogP contribution in [-0.4, -0.2) is 45.0 Å². The van der Waals surface area contributed by atoms with Crippen LogP contribution in [0.2, 0.25) is 5.02 Å². The topological polar surface area (TPSA) is 90.2 Å². The number of hydrogen-bond donors (Lipinski definition) is 0. The van der Waals surface area contributed by atoms with Gasteiger partial charge in [-0.25, -0.2) is 18.7 Å². The van der Waals surface area contributed by atoms with E-state index in [1.54, 1.807) is 54.8 Å². The zero-order valence-corrected chi connectivity index (χ0v) is 26.4. The monoisotopic (exact) mass is 649 g/mol. The molecule has 0 atom stereocenters. The number of amides is 1. The highest BCUT2D eigenvalue weighted by molar-refractivity contribution is 7.98. The molecule has 232 valence electrons. The molecular formula is C33H30ClF2N5O3S. The molecule has 0 spiro atoms. The highest BCUT2D eigenvalue weighted by Crippen LogP contribution is 2.25. The summed E-state index contributed by atoms with van der Waals surface area (Å²) in [6.07, 6.45) is 6.21. The fourth-order valence-electron chi connectivity index (χ4n) is 4.13. The van der Waals surface area contributed by atoms with Crippen molar-refractivity contribution in [1.29, 1.82) is 0 Å². The quantitative estimate of drug-likeness (QED) is 0.0992. The Kier molecular flexibility index (Phi) is 11.8. The average Bonchev–Trinajstić information content (AvgIpc) is 3.05. The lowest BCUT2D eigenvalue weighted by atomic mass is 10.0. The Morgan fingerprint density at radius 3 is 2.22 bits per heavy atom. The fraction of sp³-hybridized carbons (Fsp3) is 0.182. The van der Waals surface area contributed by atoms with E-state index in [-0.39, 0.29) is 22.4 Å². The van der Waals surface area contributed by atoms with E-state index in [2.05, 4.69) is 15.0 Å². The molecule has 0 aliphatic heterocycles. The molecule has 2 aromatic heterocycles. The third-order valence-electron chi connectivity index (χ3n) is 6.48. The number of carbonyl (C=O) groups is 1. The maximum absolute atomic E-state index is 13.1. The predicted molar refractivity (Wildman–Crippen MR) is 171 cm³/mol. The minimum Gasteiger partial charge on any atom is -0.467 e. The first-order valence-electron chi connectivity index (χ1n) is 13.6. The van der Waals surface area contributed by atoms with E-state index in [1.165, 1.54) is 37.1 Å². The highest BCUT2D eigenvalue weighted by atomic mass is 35.5. The second-order valence-corrected chi connectivity index (χ2v) is 11.3. The average molecular weight is 650 g/mol. The van der Waals surface area contributed by atoms with E-state index in [0.717, 1.165) is 34.2 Å². The third kappa shape index (κ3) is 9.69. The largest absolute Gasteiger partial charge is 0.467 e. The van der Waals surface area contributed by atoms with Crippen LogP contribution >= 0.6 is 23.4 Å².